The summed E-state index contributed by atoms with van der Waals surface area (Å²) in [6, 6.07) is 7.48. The average Bonchev–Trinajstić information content (AvgIpc) is 2.83. The number of hydrogen-bond acceptors (Lipinski definition) is 7. The molecule has 0 aliphatic carbocycles. The normalized spacial score (nSPS) is 16.9. The predicted octanol–water partition coefficient (Wildman–Crippen LogP) is 3.92. The molecule has 1 amide bonds. The third kappa shape index (κ3) is 6.42. The van der Waals surface area contributed by atoms with Crippen LogP contribution in [0.5, 0.6) is 0 Å². The summed E-state index contributed by atoms with van der Waals surface area (Å²) >= 11 is 0. The van der Waals surface area contributed by atoms with Crippen molar-refractivity contribution in [2.24, 2.45) is 20.7 Å². The van der Waals surface area contributed by atoms with Gasteiger partial charge in [0.2, 0.25) is 0 Å². The molecule has 1 atom stereocenters. The molecule has 0 radical (unpaired) electrons. The molecule has 0 saturated heterocycles. The summed E-state index contributed by atoms with van der Waals surface area (Å²) in [7, 11) is 4.06. The first-order chi connectivity index (χ1) is 16.7. The second kappa shape index (κ2) is 11.6. The van der Waals surface area contributed by atoms with E-state index in [0.717, 1.165) is 41.1 Å². The van der Waals surface area contributed by atoms with Crippen molar-refractivity contribution in [2.45, 2.75) is 39.7 Å². The lowest BCUT2D eigenvalue weighted by Gasteiger charge is -2.34. The first kappa shape index (κ1) is 25.8. The maximum Gasteiger partial charge on any atom is 0.256 e. The molecule has 0 bridgehead atoms. The molecule has 0 saturated carbocycles. The largest absolute Gasteiger partial charge is 0.382 e. The van der Waals surface area contributed by atoms with Gasteiger partial charge < -0.3 is 20.9 Å². The molecule has 1 aromatic rings. The van der Waals surface area contributed by atoms with E-state index in [2.05, 4.69) is 45.5 Å². The van der Waals surface area contributed by atoms with Gasteiger partial charge in [0.1, 0.15) is 17.4 Å². The Morgan fingerprint density at radius 1 is 1.34 bits per heavy atom. The fraction of sp³-hybridized carbons (Fsp3) is 0.333. The van der Waals surface area contributed by atoms with E-state index < -0.39 is 0 Å². The smallest absolute Gasteiger partial charge is 0.256 e. The minimum atomic E-state index is -0.228. The van der Waals surface area contributed by atoms with Crippen molar-refractivity contribution in [3.63, 3.8) is 0 Å². The van der Waals surface area contributed by atoms with Crippen molar-refractivity contribution < 1.29 is 4.79 Å². The van der Waals surface area contributed by atoms with Crippen molar-refractivity contribution in [3.8, 4) is 0 Å². The van der Waals surface area contributed by atoms with Gasteiger partial charge in [-0.15, -0.1) is 0 Å². The van der Waals surface area contributed by atoms with E-state index in [4.69, 9.17) is 10.7 Å². The molecule has 0 fully saturated rings. The van der Waals surface area contributed by atoms with Gasteiger partial charge in [-0.3, -0.25) is 9.79 Å². The Bertz CT molecular complexity index is 1150. The quantitative estimate of drug-likeness (QED) is 0.340. The molecule has 35 heavy (non-hydrogen) atoms. The molecule has 0 unspecified atom stereocenters. The van der Waals surface area contributed by atoms with Crippen molar-refractivity contribution in [1.82, 2.24) is 15.1 Å². The highest BCUT2D eigenvalue weighted by atomic mass is 16.1. The maximum atomic E-state index is 12.7. The van der Waals surface area contributed by atoms with Gasteiger partial charge in [-0.05, 0) is 52.6 Å². The number of nitrogens with one attached hydrogen (secondary N) is 1. The summed E-state index contributed by atoms with van der Waals surface area (Å²) in [6.07, 6.45) is 9.09. The van der Waals surface area contributed by atoms with Crippen LogP contribution in [0, 0.1) is 0 Å². The first-order valence-corrected chi connectivity index (χ1v) is 11.8. The zero-order valence-electron chi connectivity index (χ0n) is 21.2. The second-order valence-corrected chi connectivity index (χ2v) is 8.85. The Morgan fingerprint density at radius 3 is 2.71 bits per heavy atom. The Kier molecular flexibility index (Phi) is 8.54. The van der Waals surface area contributed by atoms with Crippen LogP contribution >= 0.6 is 0 Å². The molecule has 2 aliphatic rings. The van der Waals surface area contributed by atoms with Crippen LogP contribution in [0.25, 0.3) is 5.70 Å². The number of fused-ring (bicyclic) bond motifs is 1. The standard InChI is InChI=1S/C27H35N7O/c1-7-8-18(2)13-14-29-20(4)31-27(35)22-11-9-21(10-12-22)24-25-26(28)30-15-16-34(25)17-23(32-24)19(3)33(5)6/h9-16,19H,2,7-8,17H2,1,3-6H3,(H2,28,30)(H,29,31,35)/b14-13-/t19-/m0/s1. The van der Waals surface area contributed by atoms with Crippen molar-refractivity contribution in [1.29, 1.82) is 0 Å². The van der Waals surface area contributed by atoms with Crippen LogP contribution in [-0.2, 0) is 0 Å². The lowest BCUT2D eigenvalue weighted by atomic mass is 10.0. The number of carbonyl (C=O) groups is 1. The molecule has 184 valence electrons. The summed E-state index contributed by atoms with van der Waals surface area (Å²) < 4.78 is 0. The molecule has 0 aromatic heterocycles. The SMILES string of the molecule is C=C(/C=C\N=C(/C)NC(=O)c1ccc(C2=C3C(N)=NC=CN3CC([C@H](C)N(C)C)=N2)cc1)CCC. The lowest BCUT2D eigenvalue weighted by Crippen LogP contribution is -2.44. The molecular weight excluding hydrogens is 438 g/mol. The van der Waals surface area contributed by atoms with Gasteiger partial charge in [-0.25, -0.2) is 9.98 Å². The van der Waals surface area contributed by atoms with Crippen molar-refractivity contribution in [3.05, 3.63) is 77.9 Å². The van der Waals surface area contributed by atoms with Crippen LogP contribution in [0.3, 0.4) is 0 Å². The second-order valence-electron chi connectivity index (χ2n) is 8.85. The van der Waals surface area contributed by atoms with E-state index >= 15 is 0 Å². The van der Waals surface area contributed by atoms with E-state index in [0.29, 0.717) is 23.8 Å². The van der Waals surface area contributed by atoms with Gasteiger partial charge >= 0.3 is 0 Å². The van der Waals surface area contributed by atoms with E-state index in [9.17, 15) is 4.79 Å². The average molecular weight is 474 g/mol. The van der Waals surface area contributed by atoms with Crippen LogP contribution in [0.4, 0.5) is 0 Å². The molecule has 2 heterocycles. The fourth-order valence-corrected chi connectivity index (χ4v) is 3.70. The minimum Gasteiger partial charge on any atom is -0.382 e. The van der Waals surface area contributed by atoms with E-state index in [1.807, 2.05) is 38.5 Å². The Morgan fingerprint density at radius 2 is 2.06 bits per heavy atom. The van der Waals surface area contributed by atoms with E-state index in [1.54, 1.807) is 31.5 Å². The summed E-state index contributed by atoms with van der Waals surface area (Å²) in [5, 5.41) is 2.82. The summed E-state index contributed by atoms with van der Waals surface area (Å²) in [4.78, 5) is 30.4. The molecular formula is C27H35N7O. The van der Waals surface area contributed by atoms with Crippen LogP contribution in [0.15, 0.2) is 81.8 Å². The van der Waals surface area contributed by atoms with Crippen LogP contribution < -0.4 is 11.1 Å². The van der Waals surface area contributed by atoms with Gasteiger partial charge in [0.05, 0.1) is 18.0 Å². The van der Waals surface area contributed by atoms with Crippen LogP contribution in [0.2, 0.25) is 0 Å². The number of amidine groups is 2. The highest BCUT2D eigenvalue weighted by Crippen LogP contribution is 2.30. The third-order valence-electron chi connectivity index (χ3n) is 5.92. The number of allylic oxidation sites excluding steroid dienone is 2. The van der Waals surface area contributed by atoms with Gasteiger partial charge in [0, 0.05) is 35.8 Å². The molecule has 8 nitrogen and oxygen atoms in total. The zero-order chi connectivity index (χ0) is 25.5. The Hall–Kier alpha value is -3.78. The predicted molar refractivity (Wildman–Crippen MR) is 145 cm³/mol. The topological polar surface area (TPSA) is 98.7 Å². The molecule has 3 N–H and O–H groups in total. The van der Waals surface area contributed by atoms with Gasteiger partial charge in [-0.1, -0.05) is 37.6 Å². The number of rotatable bonds is 8. The van der Waals surface area contributed by atoms with Crippen LogP contribution in [0.1, 0.15) is 49.5 Å². The molecule has 1 aromatic carbocycles. The van der Waals surface area contributed by atoms with Gasteiger partial charge in [0.15, 0.2) is 0 Å². The summed E-state index contributed by atoms with van der Waals surface area (Å²) in [5.74, 6) is 0.706. The molecule has 2 aliphatic heterocycles. The summed E-state index contributed by atoms with van der Waals surface area (Å²) in [5.41, 5.74) is 11.2. The van der Waals surface area contributed by atoms with Crippen molar-refractivity contribution >= 4 is 29.0 Å². The first-order valence-electron chi connectivity index (χ1n) is 11.8. The minimum absolute atomic E-state index is 0.153. The fourth-order valence-electron chi connectivity index (χ4n) is 3.70. The highest BCUT2D eigenvalue weighted by molar-refractivity contribution is 6.09. The Labute approximate surface area is 208 Å². The number of aliphatic imine (C=N–C) groups is 3. The molecule has 0 spiro atoms. The number of hydrogen-bond donors (Lipinski definition) is 2. The Balaban J connectivity index is 1.82. The number of amides is 1. The van der Waals surface area contributed by atoms with Gasteiger partial charge in [0.25, 0.3) is 5.91 Å². The monoisotopic (exact) mass is 473 g/mol. The van der Waals surface area contributed by atoms with E-state index in [-0.39, 0.29) is 11.9 Å². The number of carbonyl (C=O) groups excluding carboxylic acids is 1. The summed E-state index contributed by atoms with van der Waals surface area (Å²) in [6.45, 7) is 10.6. The molecule has 3 rings (SSSR count). The highest BCUT2D eigenvalue weighted by Gasteiger charge is 2.29. The van der Waals surface area contributed by atoms with Crippen LogP contribution in [-0.4, -0.2) is 59.8 Å². The third-order valence-corrected chi connectivity index (χ3v) is 5.92. The van der Waals surface area contributed by atoms with Gasteiger partial charge in [-0.2, -0.15) is 0 Å². The lowest BCUT2D eigenvalue weighted by molar-refractivity contribution is 0.0977. The van der Waals surface area contributed by atoms with E-state index in [1.165, 1.54) is 0 Å². The zero-order valence-corrected chi connectivity index (χ0v) is 21.2. The molecule has 8 heteroatoms. The number of benzene rings is 1. The van der Waals surface area contributed by atoms with Crippen molar-refractivity contribution in [2.75, 3.05) is 20.6 Å². The maximum absolute atomic E-state index is 12.7. The number of nitrogens with two attached hydrogens (primary N) is 1. The number of nitrogens with zero attached hydrogens (tertiary/aromatic N) is 5.